The van der Waals surface area contributed by atoms with Crippen LogP contribution in [0.4, 0.5) is 0 Å². The first-order chi connectivity index (χ1) is 15.2. The van der Waals surface area contributed by atoms with Gasteiger partial charge in [0.2, 0.25) is 11.7 Å². The molecule has 0 spiro atoms. The molecule has 0 N–H and O–H groups in total. The summed E-state index contributed by atoms with van der Waals surface area (Å²) in [5.74, 6) is 2.11. The number of aromatic nitrogens is 2. The summed E-state index contributed by atoms with van der Waals surface area (Å²) in [7, 11) is 0. The van der Waals surface area contributed by atoms with Crippen LogP contribution in [0.2, 0.25) is 0 Å². The Balaban J connectivity index is 1.13. The summed E-state index contributed by atoms with van der Waals surface area (Å²) in [5, 5.41) is 6.09. The van der Waals surface area contributed by atoms with E-state index >= 15 is 0 Å². The molecular weight excluding hydrogens is 412 g/mol. The fourth-order valence-electron chi connectivity index (χ4n) is 3.72. The van der Waals surface area contributed by atoms with Gasteiger partial charge in [-0.15, -0.1) is 11.3 Å². The second kappa shape index (κ2) is 10.7. The zero-order valence-electron chi connectivity index (χ0n) is 17.8. The zero-order chi connectivity index (χ0) is 21.5. The third-order valence-corrected chi connectivity index (χ3v) is 6.34. The quantitative estimate of drug-likeness (QED) is 0.446. The van der Waals surface area contributed by atoms with Gasteiger partial charge in [-0.05, 0) is 43.5 Å². The Labute approximate surface area is 186 Å². The monoisotopic (exact) mass is 440 g/mol. The molecule has 0 radical (unpaired) electrons. The molecule has 4 rings (SSSR count). The molecule has 0 aliphatic carbocycles. The molecule has 0 atom stereocenters. The number of carbonyl (C=O) groups excluding carboxylic acids is 1. The number of nitrogens with zero attached hydrogens (tertiary/aromatic N) is 4. The average Bonchev–Trinajstić information content (AvgIpc) is 3.47. The van der Waals surface area contributed by atoms with E-state index in [0.29, 0.717) is 29.6 Å². The molecule has 1 fully saturated rings. The normalized spacial score (nSPS) is 15.3. The van der Waals surface area contributed by atoms with Crippen molar-refractivity contribution in [1.29, 1.82) is 0 Å². The second-order valence-electron chi connectivity index (χ2n) is 7.68. The van der Waals surface area contributed by atoms with Crippen molar-refractivity contribution in [3.8, 4) is 16.5 Å². The van der Waals surface area contributed by atoms with E-state index in [4.69, 9.17) is 9.26 Å². The van der Waals surface area contributed by atoms with Crippen molar-refractivity contribution in [1.82, 2.24) is 19.9 Å². The molecule has 1 saturated heterocycles. The van der Waals surface area contributed by atoms with E-state index < -0.39 is 0 Å². The number of para-hydroxylation sites is 1. The summed E-state index contributed by atoms with van der Waals surface area (Å²) in [6, 6.07) is 11.4. The third kappa shape index (κ3) is 6.00. The summed E-state index contributed by atoms with van der Waals surface area (Å²) >= 11 is 1.62. The van der Waals surface area contributed by atoms with Crippen molar-refractivity contribution in [2.45, 2.75) is 19.8 Å². The number of thiophene rings is 1. The highest BCUT2D eigenvalue weighted by molar-refractivity contribution is 7.13. The van der Waals surface area contributed by atoms with Crippen LogP contribution in [0.5, 0.6) is 5.75 Å². The Morgan fingerprint density at radius 2 is 1.87 bits per heavy atom. The van der Waals surface area contributed by atoms with Crippen molar-refractivity contribution in [2.75, 3.05) is 45.9 Å². The molecule has 2 aromatic heterocycles. The summed E-state index contributed by atoms with van der Waals surface area (Å²) in [6.07, 6.45) is 1.82. The Hall–Kier alpha value is -2.55. The maximum Gasteiger partial charge on any atom is 0.227 e. The highest BCUT2D eigenvalue weighted by Gasteiger charge is 2.17. The lowest BCUT2D eigenvalue weighted by molar-refractivity contribution is 0.100. The first-order valence-electron chi connectivity index (χ1n) is 10.7. The molecule has 164 valence electrons. The minimum Gasteiger partial charge on any atom is -0.491 e. The predicted molar refractivity (Wildman–Crippen MR) is 121 cm³/mol. The molecule has 0 unspecified atom stereocenters. The molecule has 1 aliphatic rings. The summed E-state index contributed by atoms with van der Waals surface area (Å²) in [6.45, 7) is 8.22. The molecule has 7 nitrogen and oxygen atoms in total. The Bertz CT molecular complexity index is 965. The van der Waals surface area contributed by atoms with Crippen LogP contribution in [0.25, 0.3) is 10.7 Å². The van der Waals surface area contributed by atoms with Crippen molar-refractivity contribution in [3.05, 3.63) is 53.2 Å². The molecular formula is C23H28N4O3S. The maximum atomic E-state index is 11.7. The van der Waals surface area contributed by atoms with Gasteiger partial charge in [-0.25, -0.2) is 0 Å². The molecule has 3 heterocycles. The minimum atomic E-state index is 0.0347. The number of rotatable bonds is 10. The zero-order valence-corrected chi connectivity index (χ0v) is 18.6. The smallest absolute Gasteiger partial charge is 0.227 e. The number of aryl methyl sites for hydroxylation is 1. The van der Waals surface area contributed by atoms with Crippen molar-refractivity contribution in [3.63, 3.8) is 0 Å². The second-order valence-corrected chi connectivity index (χ2v) is 8.62. The predicted octanol–water partition coefficient (Wildman–Crippen LogP) is 3.63. The fraction of sp³-hybridized carbons (Fsp3) is 0.435. The number of piperazine rings is 1. The van der Waals surface area contributed by atoms with E-state index in [-0.39, 0.29) is 5.78 Å². The van der Waals surface area contributed by atoms with Gasteiger partial charge in [0.1, 0.15) is 12.4 Å². The molecule has 0 bridgehead atoms. The number of hydrogen-bond donors (Lipinski definition) is 0. The van der Waals surface area contributed by atoms with Crippen LogP contribution in [0.15, 0.2) is 46.3 Å². The average molecular weight is 441 g/mol. The Kier molecular flexibility index (Phi) is 7.45. The van der Waals surface area contributed by atoms with Gasteiger partial charge in [0, 0.05) is 39.1 Å². The maximum absolute atomic E-state index is 11.7. The highest BCUT2D eigenvalue weighted by atomic mass is 32.1. The lowest BCUT2D eigenvalue weighted by Crippen LogP contribution is -2.47. The van der Waals surface area contributed by atoms with E-state index in [2.05, 4.69) is 19.9 Å². The largest absolute Gasteiger partial charge is 0.491 e. The fourth-order valence-corrected chi connectivity index (χ4v) is 4.37. The van der Waals surface area contributed by atoms with Crippen LogP contribution >= 0.6 is 11.3 Å². The molecule has 1 aliphatic heterocycles. The van der Waals surface area contributed by atoms with Crippen LogP contribution in [-0.2, 0) is 6.42 Å². The highest BCUT2D eigenvalue weighted by Crippen LogP contribution is 2.21. The number of ketones is 1. The number of Topliss-reactive ketones (excluding diaryl/α,β-unsaturated/α-hetero) is 1. The minimum absolute atomic E-state index is 0.0347. The SMILES string of the molecule is CC(=O)c1ccccc1OCCN1CCN(CCCc2nc(-c3cccs3)no2)CC1. The number of hydrogen-bond acceptors (Lipinski definition) is 8. The molecule has 3 aromatic rings. The van der Waals surface area contributed by atoms with Crippen molar-refractivity contribution >= 4 is 17.1 Å². The van der Waals surface area contributed by atoms with Gasteiger partial charge in [-0.2, -0.15) is 4.98 Å². The summed E-state index contributed by atoms with van der Waals surface area (Å²) < 4.78 is 11.3. The van der Waals surface area contributed by atoms with Crippen LogP contribution in [0.1, 0.15) is 29.6 Å². The molecule has 0 amide bonds. The topological polar surface area (TPSA) is 71.7 Å². The van der Waals surface area contributed by atoms with E-state index in [1.807, 2.05) is 41.8 Å². The van der Waals surface area contributed by atoms with Crippen molar-refractivity contribution in [2.24, 2.45) is 0 Å². The van der Waals surface area contributed by atoms with Gasteiger partial charge in [0.15, 0.2) is 5.78 Å². The van der Waals surface area contributed by atoms with E-state index in [9.17, 15) is 4.79 Å². The number of carbonyl (C=O) groups is 1. The molecule has 31 heavy (non-hydrogen) atoms. The van der Waals surface area contributed by atoms with Gasteiger partial charge in [0.05, 0.1) is 10.4 Å². The number of benzene rings is 1. The van der Waals surface area contributed by atoms with Gasteiger partial charge in [0.25, 0.3) is 0 Å². The lowest BCUT2D eigenvalue weighted by Gasteiger charge is -2.34. The van der Waals surface area contributed by atoms with Gasteiger partial charge in [-0.1, -0.05) is 23.4 Å². The Morgan fingerprint density at radius 3 is 2.61 bits per heavy atom. The third-order valence-electron chi connectivity index (χ3n) is 5.47. The van der Waals surface area contributed by atoms with Crippen LogP contribution in [0.3, 0.4) is 0 Å². The summed E-state index contributed by atoms with van der Waals surface area (Å²) in [5.41, 5.74) is 0.649. The van der Waals surface area contributed by atoms with Crippen LogP contribution in [-0.4, -0.2) is 71.6 Å². The Morgan fingerprint density at radius 1 is 1.10 bits per heavy atom. The molecule has 0 saturated carbocycles. The van der Waals surface area contributed by atoms with Crippen molar-refractivity contribution < 1.29 is 14.1 Å². The van der Waals surface area contributed by atoms with E-state index in [1.165, 1.54) is 0 Å². The first kappa shape index (κ1) is 21.7. The standard InChI is InChI=1S/C23H28N4O3S/c1-18(28)19-6-2-3-7-20(19)29-16-15-27-13-11-26(12-14-27)10-4-9-22-24-23(25-30-22)21-8-5-17-31-21/h2-3,5-8,17H,4,9-16H2,1H3. The first-order valence-corrected chi connectivity index (χ1v) is 11.6. The van der Waals surface area contributed by atoms with Gasteiger partial charge in [-0.3, -0.25) is 9.69 Å². The number of ether oxygens (including phenoxy) is 1. The van der Waals surface area contributed by atoms with Gasteiger partial charge < -0.3 is 14.2 Å². The molecule has 8 heteroatoms. The van der Waals surface area contributed by atoms with Crippen LogP contribution < -0.4 is 4.74 Å². The van der Waals surface area contributed by atoms with Gasteiger partial charge >= 0.3 is 0 Å². The van der Waals surface area contributed by atoms with E-state index in [1.54, 1.807) is 18.3 Å². The lowest BCUT2D eigenvalue weighted by atomic mass is 10.1. The van der Waals surface area contributed by atoms with E-state index in [0.717, 1.165) is 57.0 Å². The summed E-state index contributed by atoms with van der Waals surface area (Å²) in [4.78, 5) is 22.1. The van der Waals surface area contributed by atoms with Crippen LogP contribution in [0, 0.1) is 0 Å². The molecule has 1 aromatic carbocycles.